The molecule has 5 rings (SSSR count). The molecule has 37 heavy (non-hydrogen) atoms. The summed E-state index contributed by atoms with van der Waals surface area (Å²) in [6, 6.07) is 12.4. The van der Waals surface area contributed by atoms with Crippen LogP contribution < -0.4 is 9.47 Å². The fourth-order valence-electron chi connectivity index (χ4n) is 5.56. The van der Waals surface area contributed by atoms with Gasteiger partial charge < -0.3 is 14.2 Å². The molecule has 1 fully saturated rings. The maximum absolute atomic E-state index is 15.4. The van der Waals surface area contributed by atoms with E-state index in [-0.39, 0.29) is 41.6 Å². The van der Waals surface area contributed by atoms with Gasteiger partial charge in [0.05, 0.1) is 30.5 Å². The van der Waals surface area contributed by atoms with Crippen molar-refractivity contribution in [2.75, 3.05) is 26.1 Å². The van der Waals surface area contributed by atoms with E-state index in [4.69, 9.17) is 25.8 Å². The lowest BCUT2D eigenvalue weighted by atomic mass is 9.60. The summed E-state index contributed by atoms with van der Waals surface area (Å²) in [6.45, 7) is 0.351. The molecule has 0 bridgehead atoms. The Morgan fingerprint density at radius 1 is 1.11 bits per heavy atom. The second-order valence-electron chi connectivity index (χ2n) is 9.41. The number of pyridine rings is 1. The summed E-state index contributed by atoms with van der Waals surface area (Å²) in [5.41, 5.74) is 0.250. The molecule has 0 aliphatic carbocycles. The number of methoxy groups -OCH3 is 1. The summed E-state index contributed by atoms with van der Waals surface area (Å²) >= 11 is 6.07. The monoisotopic (exact) mass is 549 g/mol. The normalized spacial score (nSPS) is 23.0. The largest absolute Gasteiger partial charge is 0.490 e. The van der Waals surface area contributed by atoms with Gasteiger partial charge in [0.2, 0.25) is 5.88 Å². The average molecular weight is 550 g/mol. The van der Waals surface area contributed by atoms with E-state index < -0.39 is 38.9 Å². The molecule has 6 nitrogen and oxygen atoms in total. The first-order valence-electron chi connectivity index (χ1n) is 11.9. The Morgan fingerprint density at radius 2 is 1.86 bits per heavy atom. The average Bonchev–Trinajstić information content (AvgIpc) is 2.90. The van der Waals surface area contributed by atoms with Crippen molar-refractivity contribution < 1.29 is 31.4 Å². The van der Waals surface area contributed by atoms with Crippen molar-refractivity contribution in [1.29, 1.82) is 0 Å². The van der Waals surface area contributed by atoms with Crippen LogP contribution >= 0.6 is 11.6 Å². The smallest absolute Gasteiger partial charge is 0.212 e. The van der Waals surface area contributed by atoms with Crippen LogP contribution in [0.15, 0.2) is 59.6 Å². The van der Waals surface area contributed by atoms with Gasteiger partial charge in [-0.2, -0.15) is 0 Å². The zero-order valence-electron chi connectivity index (χ0n) is 20.1. The second-order valence-corrected chi connectivity index (χ2v) is 12.0. The molecule has 10 heteroatoms. The van der Waals surface area contributed by atoms with Gasteiger partial charge in [0, 0.05) is 40.8 Å². The lowest BCUT2D eigenvalue weighted by molar-refractivity contribution is -0.0963. The van der Waals surface area contributed by atoms with Crippen molar-refractivity contribution in [3.05, 3.63) is 82.5 Å². The molecule has 0 unspecified atom stereocenters. The number of rotatable bonds is 7. The van der Waals surface area contributed by atoms with Crippen molar-refractivity contribution >= 4 is 21.4 Å². The van der Waals surface area contributed by atoms with Crippen LogP contribution in [0.5, 0.6) is 11.6 Å². The van der Waals surface area contributed by atoms with Crippen molar-refractivity contribution in [2.24, 2.45) is 5.92 Å². The molecule has 0 N–H and O–H groups in total. The number of nitrogens with zero attached hydrogens (tertiary/aromatic N) is 1. The molecule has 2 aromatic carbocycles. The first kappa shape index (κ1) is 25.9. The molecule has 2 aliphatic rings. The third-order valence-electron chi connectivity index (χ3n) is 7.38. The SMILES string of the molecule is COc1ccc(S(=O)(=O)CC[C@@H]2OCC[C@@]3(Cc4ccc(Cl)cc4)c4c(F)ccc(F)c4OC[C@@H]23)cn1. The zero-order valence-corrected chi connectivity index (χ0v) is 21.7. The molecule has 3 aromatic rings. The number of hydrogen-bond donors (Lipinski definition) is 0. The Hall–Kier alpha value is -2.75. The van der Waals surface area contributed by atoms with Gasteiger partial charge in [-0.25, -0.2) is 22.2 Å². The van der Waals surface area contributed by atoms with Gasteiger partial charge in [-0.15, -0.1) is 0 Å². The maximum Gasteiger partial charge on any atom is 0.212 e. The fraction of sp³-hybridized carbons (Fsp3) is 0.370. The van der Waals surface area contributed by atoms with Crippen LogP contribution in [-0.2, 0) is 26.4 Å². The lowest BCUT2D eigenvalue weighted by Gasteiger charge is -2.51. The molecule has 2 aliphatic heterocycles. The van der Waals surface area contributed by atoms with Gasteiger partial charge in [0.25, 0.3) is 0 Å². The van der Waals surface area contributed by atoms with Crippen molar-refractivity contribution in [3.8, 4) is 11.6 Å². The summed E-state index contributed by atoms with van der Waals surface area (Å²) in [5, 5.41) is 0.575. The second kappa shape index (κ2) is 10.2. The number of benzene rings is 2. The highest BCUT2D eigenvalue weighted by Crippen LogP contribution is 2.52. The quantitative estimate of drug-likeness (QED) is 0.405. The molecular formula is C27H26ClF2NO5S. The molecule has 1 aromatic heterocycles. The predicted molar refractivity (Wildman–Crippen MR) is 134 cm³/mol. The molecule has 3 atom stereocenters. The number of hydrogen-bond acceptors (Lipinski definition) is 6. The molecular weight excluding hydrogens is 524 g/mol. The minimum Gasteiger partial charge on any atom is -0.490 e. The Kier molecular flexibility index (Phi) is 7.13. The van der Waals surface area contributed by atoms with E-state index in [0.717, 1.165) is 17.7 Å². The topological polar surface area (TPSA) is 74.7 Å². The van der Waals surface area contributed by atoms with E-state index in [1.165, 1.54) is 25.4 Å². The molecule has 0 radical (unpaired) electrons. The number of ether oxygens (including phenoxy) is 3. The van der Waals surface area contributed by atoms with Gasteiger partial charge >= 0.3 is 0 Å². The van der Waals surface area contributed by atoms with Crippen LogP contribution in [0, 0.1) is 17.6 Å². The van der Waals surface area contributed by atoms with Crippen molar-refractivity contribution in [1.82, 2.24) is 4.98 Å². The Morgan fingerprint density at radius 3 is 2.57 bits per heavy atom. The highest BCUT2D eigenvalue weighted by Gasteiger charge is 2.53. The van der Waals surface area contributed by atoms with Gasteiger partial charge in [0.1, 0.15) is 5.82 Å². The highest BCUT2D eigenvalue weighted by molar-refractivity contribution is 7.91. The molecule has 3 heterocycles. The molecule has 0 amide bonds. The van der Waals surface area contributed by atoms with E-state index in [0.29, 0.717) is 23.7 Å². The molecule has 1 saturated heterocycles. The Labute approximate surface area is 219 Å². The van der Waals surface area contributed by atoms with E-state index in [9.17, 15) is 12.8 Å². The van der Waals surface area contributed by atoms with E-state index in [2.05, 4.69) is 4.98 Å². The van der Waals surface area contributed by atoms with Crippen LogP contribution in [-0.4, -0.2) is 45.6 Å². The van der Waals surface area contributed by atoms with Crippen LogP contribution in [0.4, 0.5) is 8.78 Å². The summed E-state index contributed by atoms with van der Waals surface area (Å²) < 4.78 is 73.1. The first-order chi connectivity index (χ1) is 17.7. The Balaban J connectivity index is 1.48. The fourth-order valence-corrected chi connectivity index (χ4v) is 6.95. The molecule has 196 valence electrons. The molecule has 0 spiro atoms. The predicted octanol–water partition coefficient (Wildman–Crippen LogP) is 5.16. The third-order valence-corrected chi connectivity index (χ3v) is 9.37. The molecule has 0 saturated carbocycles. The zero-order chi connectivity index (χ0) is 26.2. The van der Waals surface area contributed by atoms with Crippen molar-refractivity contribution in [2.45, 2.75) is 35.7 Å². The minimum atomic E-state index is -3.67. The lowest BCUT2D eigenvalue weighted by Crippen LogP contribution is -2.55. The number of fused-ring (bicyclic) bond motifs is 3. The van der Waals surface area contributed by atoms with Gasteiger partial charge in [0.15, 0.2) is 21.4 Å². The summed E-state index contributed by atoms with van der Waals surface area (Å²) in [4.78, 5) is 4.07. The van der Waals surface area contributed by atoms with Crippen LogP contribution in [0.25, 0.3) is 0 Å². The third kappa shape index (κ3) is 4.92. The summed E-state index contributed by atoms with van der Waals surface area (Å²) in [5.74, 6) is -1.53. The van der Waals surface area contributed by atoms with Crippen LogP contribution in [0.1, 0.15) is 24.0 Å². The van der Waals surface area contributed by atoms with Crippen LogP contribution in [0.3, 0.4) is 0 Å². The van der Waals surface area contributed by atoms with Crippen LogP contribution in [0.2, 0.25) is 5.02 Å². The Bertz CT molecular complexity index is 1390. The van der Waals surface area contributed by atoms with Gasteiger partial charge in [-0.3, -0.25) is 0 Å². The number of aromatic nitrogens is 1. The summed E-state index contributed by atoms with van der Waals surface area (Å²) in [6.07, 6.45) is 1.72. The maximum atomic E-state index is 15.4. The number of sulfone groups is 1. The highest BCUT2D eigenvalue weighted by atomic mass is 35.5. The first-order valence-corrected chi connectivity index (χ1v) is 14.0. The van der Waals surface area contributed by atoms with Gasteiger partial charge in [-0.1, -0.05) is 23.7 Å². The minimum absolute atomic E-state index is 0.0786. The standard InChI is InChI=1S/C27H26ClF2NO5S/c1-34-24-9-6-19(15-31-24)37(32,33)13-10-23-20-16-36-26-22(30)8-7-21(29)25(26)27(20,11-12-35-23)14-17-2-4-18(28)5-3-17/h2-9,15,20,23H,10-14,16H2,1H3/t20-,23-,27-/m0/s1. The number of halogens is 3. The van der Waals surface area contributed by atoms with E-state index in [1.54, 1.807) is 12.1 Å². The van der Waals surface area contributed by atoms with Gasteiger partial charge in [-0.05, 0) is 55.2 Å². The summed E-state index contributed by atoms with van der Waals surface area (Å²) in [7, 11) is -2.22. The van der Waals surface area contributed by atoms with E-state index in [1.807, 2.05) is 12.1 Å². The van der Waals surface area contributed by atoms with Crippen molar-refractivity contribution in [3.63, 3.8) is 0 Å². The van der Waals surface area contributed by atoms with E-state index >= 15 is 4.39 Å².